The van der Waals surface area contributed by atoms with Crippen LogP contribution in [0.15, 0.2) is 54.9 Å². The van der Waals surface area contributed by atoms with Gasteiger partial charge in [0, 0.05) is 42.2 Å². The Balaban J connectivity index is 1.47. The van der Waals surface area contributed by atoms with E-state index in [1.54, 1.807) is 30.1 Å². The first-order valence-electron chi connectivity index (χ1n) is 10.3. The molecule has 0 saturated carbocycles. The third kappa shape index (κ3) is 3.69. The normalized spacial score (nSPS) is 11.1. The van der Waals surface area contributed by atoms with Crippen LogP contribution in [0.4, 0.5) is 0 Å². The molecule has 33 heavy (non-hydrogen) atoms. The number of benzene rings is 1. The second kappa shape index (κ2) is 8.19. The molecule has 3 N–H and O–H groups in total. The molecule has 5 aromatic rings. The van der Waals surface area contributed by atoms with Crippen molar-refractivity contribution in [2.75, 3.05) is 0 Å². The minimum atomic E-state index is -0.275. The number of aromatic nitrogens is 5. The van der Waals surface area contributed by atoms with E-state index in [-0.39, 0.29) is 5.91 Å². The van der Waals surface area contributed by atoms with Crippen molar-refractivity contribution in [2.45, 2.75) is 13.5 Å². The molecule has 0 fully saturated rings. The molecular formula is C24H21N7O2. The van der Waals surface area contributed by atoms with Gasteiger partial charge in [-0.15, -0.1) is 0 Å². The number of fused-ring (bicyclic) bond motifs is 2. The smallest absolute Gasteiger partial charge is 0.268 e. The van der Waals surface area contributed by atoms with E-state index >= 15 is 0 Å². The van der Waals surface area contributed by atoms with Crippen LogP contribution < -0.4 is 10.1 Å². The Labute approximate surface area is 188 Å². The van der Waals surface area contributed by atoms with Crippen LogP contribution in [0.5, 0.6) is 11.6 Å². The van der Waals surface area contributed by atoms with Crippen molar-refractivity contribution in [3.63, 3.8) is 0 Å². The van der Waals surface area contributed by atoms with Crippen LogP contribution in [0.2, 0.25) is 0 Å². The lowest BCUT2D eigenvalue weighted by Crippen LogP contribution is -2.26. The van der Waals surface area contributed by atoms with Gasteiger partial charge in [0.2, 0.25) is 5.88 Å². The van der Waals surface area contributed by atoms with Gasteiger partial charge in [0.05, 0.1) is 34.9 Å². The van der Waals surface area contributed by atoms with Crippen LogP contribution in [0.1, 0.15) is 27.4 Å². The van der Waals surface area contributed by atoms with Gasteiger partial charge in [0.15, 0.2) is 0 Å². The Morgan fingerprint density at radius 3 is 2.94 bits per heavy atom. The van der Waals surface area contributed by atoms with Crippen LogP contribution in [-0.4, -0.2) is 36.9 Å². The van der Waals surface area contributed by atoms with Gasteiger partial charge in [-0.05, 0) is 37.3 Å². The zero-order valence-electron chi connectivity index (χ0n) is 18.1. The van der Waals surface area contributed by atoms with E-state index in [0.717, 1.165) is 33.2 Å². The SMILES string of the molecule is Cc1cccc(CNC(=O)c2c(C=N)c3ccc(Oc4nccc5[nH]ncc45)cc3n2C)n1. The minimum absolute atomic E-state index is 0.275. The number of nitrogens with one attached hydrogen (secondary N) is 3. The fourth-order valence-electron chi connectivity index (χ4n) is 3.92. The lowest BCUT2D eigenvalue weighted by molar-refractivity contribution is 0.0942. The number of hydrogen-bond acceptors (Lipinski definition) is 6. The maximum Gasteiger partial charge on any atom is 0.268 e. The topological polar surface area (TPSA) is 122 Å². The van der Waals surface area contributed by atoms with Crippen LogP contribution in [-0.2, 0) is 13.6 Å². The second-order valence-electron chi connectivity index (χ2n) is 7.65. The number of pyridine rings is 2. The highest BCUT2D eigenvalue weighted by molar-refractivity contribution is 6.10. The quantitative estimate of drug-likeness (QED) is 0.347. The highest BCUT2D eigenvalue weighted by Gasteiger charge is 2.20. The molecule has 9 nitrogen and oxygen atoms in total. The molecule has 1 aromatic carbocycles. The monoisotopic (exact) mass is 439 g/mol. The van der Waals surface area contributed by atoms with Gasteiger partial charge in [-0.1, -0.05) is 6.07 Å². The van der Waals surface area contributed by atoms with Crippen LogP contribution >= 0.6 is 0 Å². The van der Waals surface area contributed by atoms with Crippen molar-refractivity contribution in [1.29, 1.82) is 5.41 Å². The van der Waals surface area contributed by atoms with Crippen LogP contribution in [0.3, 0.4) is 0 Å². The van der Waals surface area contributed by atoms with E-state index in [9.17, 15) is 4.79 Å². The van der Waals surface area contributed by atoms with Gasteiger partial charge >= 0.3 is 0 Å². The number of aryl methyl sites for hydroxylation is 2. The van der Waals surface area contributed by atoms with Crippen molar-refractivity contribution in [3.05, 3.63) is 77.5 Å². The fraction of sp³-hybridized carbons (Fsp3) is 0.125. The van der Waals surface area contributed by atoms with Crippen molar-refractivity contribution in [1.82, 2.24) is 30.0 Å². The van der Waals surface area contributed by atoms with Gasteiger partial charge in [0.1, 0.15) is 11.4 Å². The fourth-order valence-corrected chi connectivity index (χ4v) is 3.92. The Hall–Kier alpha value is -4.53. The number of hydrogen-bond donors (Lipinski definition) is 3. The summed E-state index contributed by atoms with van der Waals surface area (Å²) < 4.78 is 7.79. The lowest BCUT2D eigenvalue weighted by atomic mass is 10.1. The van der Waals surface area contributed by atoms with E-state index in [0.29, 0.717) is 29.4 Å². The molecule has 9 heteroatoms. The average molecular weight is 439 g/mol. The number of aromatic amines is 1. The Morgan fingerprint density at radius 1 is 1.24 bits per heavy atom. The zero-order chi connectivity index (χ0) is 22.9. The molecule has 0 aliphatic rings. The van der Waals surface area contributed by atoms with Crippen molar-refractivity contribution >= 4 is 33.9 Å². The molecule has 0 aliphatic heterocycles. The minimum Gasteiger partial charge on any atom is -0.438 e. The molecule has 0 unspecified atom stereocenters. The van der Waals surface area contributed by atoms with Gasteiger partial charge in [-0.2, -0.15) is 5.10 Å². The average Bonchev–Trinajstić information content (AvgIpc) is 3.41. The van der Waals surface area contributed by atoms with E-state index < -0.39 is 0 Å². The summed E-state index contributed by atoms with van der Waals surface area (Å²) in [6, 6.07) is 13.0. The number of ether oxygens (including phenoxy) is 1. The predicted octanol–water partition coefficient (Wildman–Crippen LogP) is 3.87. The summed E-state index contributed by atoms with van der Waals surface area (Å²) in [6.45, 7) is 2.21. The maximum absolute atomic E-state index is 13.1. The molecule has 4 aromatic heterocycles. The summed E-state index contributed by atoms with van der Waals surface area (Å²) in [4.78, 5) is 21.8. The molecule has 4 heterocycles. The molecule has 0 saturated heterocycles. The Morgan fingerprint density at radius 2 is 2.12 bits per heavy atom. The number of carbonyl (C=O) groups excluding carboxylic acids is 1. The standard InChI is InChI=1S/C24H21N7O2/c1-14-4-3-5-15(29-14)12-27-23(32)22-18(11-25)17-7-6-16(10-21(17)31(22)2)33-24-19-13-28-30-20(19)8-9-26-24/h3-11,13,25H,12H2,1-2H3,(H,27,32)(H,28,30). The van der Waals surface area contributed by atoms with Crippen molar-refractivity contribution in [3.8, 4) is 11.6 Å². The zero-order valence-corrected chi connectivity index (χ0v) is 18.1. The lowest BCUT2D eigenvalue weighted by Gasteiger charge is -2.08. The summed E-state index contributed by atoms with van der Waals surface area (Å²) in [5.74, 6) is 0.727. The second-order valence-corrected chi connectivity index (χ2v) is 7.65. The first kappa shape index (κ1) is 20.4. The maximum atomic E-state index is 13.1. The molecule has 0 bridgehead atoms. The van der Waals surface area contributed by atoms with Crippen molar-refractivity contribution < 1.29 is 9.53 Å². The first-order chi connectivity index (χ1) is 16.0. The van der Waals surface area contributed by atoms with Crippen LogP contribution in [0.25, 0.3) is 21.8 Å². The van der Waals surface area contributed by atoms with E-state index in [2.05, 4.69) is 25.5 Å². The molecule has 1 amide bonds. The molecule has 0 spiro atoms. The molecule has 0 atom stereocenters. The number of amides is 1. The van der Waals surface area contributed by atoms with Gasteiger partial charge in [-0.3, -0.25) is 14.9 Å². The number of H-pyrrole nitrogens is 1. The molecule has 0 radical (unpaired) electrons. The third-order valence-electron chi connectivity index (χ3n) is 5.49. The number of carbonyl (C=O) groups is 1. The van der Waals surface area contributed by atoms with E-state index in [1.165, 1.54) is 6.21 Å². The van der Waals surface area contributed by atoms with Gasteiger partial charge in [-0.25, -0.2) is 4.98 Å². The van der Waals surface area contributed by atoms with Gasteiger partial charge < -0.3 is 20.0 Å². The highest BCUT2D eigenvalue weighted by atomic mass is 16.5. The number of nitrogens with zero attached hydrogens (tertiary/aromatic N) is 4. The Kier molecular flexibility index (Phi) is 5.06. The predicted molar refractivity (Wildman–Crippen MR) is 125 cm³/mol. The summed E-state index contributed by atoms with van der Waals surface area (Å²) in [7, 11) is 1.80. The molecule has 0 aliphatic carbocycles. The molecular weight excluding hydrogens is 418 g/mol. The number of rotatable bonds is 6. The summed E-state index contributed by atoms with van der Waals surface area (Å²) in [5.41, 5.74) is 4.20. The van der Waals surface area contributed by atoms with E-state index in [1.807, 2.05) is 43.3 Å². The Bertz CT molecular complexity index is 1520. The van der Waals surface area contributed by atoms with Crippen molar-refractivity contribution in [2.24, 2.45) is 7.05 Å². The molecule has 164 valence electrons. The summed E-state index contributed by atoms with van der Waals surface area (Å²) in [5, 5.41) is 19.3. The van der Waals surface area contributed by atoms with E-state index in [4.69, 9.17) is 10.1 Å². The highest BCUT2D eigenvalue weighted by Crippen LogP contribution is 2.31. The van der Waals surface area contributed by atoms with Gasteiger partial charge in [0.25, 0.3) is 5.91 Å². The first-order valence-corrected chi connectivity index (χ1v) is 10.3. The third-order valence-corrected chi connectivity index (χ3v) is 5.49. The summed E-state index contributed by atoms with van der Waals surface area (Å²) in [6.07, 6.45) is 4.52. The van der Waals surface area contributed by atoms with Crippen LogP contribution in [0, 0.1) is 12.3 Å². The largest absolute Gasteiger partial charge is 0.438 e. The molecule has 5 rings (SSSR count). The summed E-state index contributed by atoms with van der Waals surface area (Å²) >= 11 is 0.